The van der Waals surface area contributed by atoms with E-state index in [1.807, 2.05) is 46.8 Å². The van der Waals surface area contributed by atoms with Gasteiger partial charge in [0.05, 0.1) is 30.3 Å². The molecule has 0 N–H and O–H groups in total. The molecule has 0 bridgehead atoms. The standard InChI is InChI=1S/C52H98O10Si3/c1-19-45(61-64(24-6,25-7)26-8)41(14)50-46(57-50)38-51(17,62-65(27-9,28-10)29-11)35-30-31-39(12)49-40(13)32-33-47(56-42(15)53)52(18,59-43(16)55-20-2)36-34-44(37-48(54)58-49)60-63(21-3,22-4)23-5/h30-33,35,40-41,43-47,49-50H,19-29,34,36-38H2,1-18H3/b33-32-,35-30+,39-31+/t40-,41+,43?,44+,45-,46-,47-,49+,50+,51-,52+/m0/s1. The summed E-state index contributed by atoms with van der Waals surface area (Å²) in [5.74, 6) is -0.667. The molecule has 0 amide bonds. The zero-order valence-electron chi connectivity index (χ0n) is 44.8. The Kier molecular flexibility index (Phi) is 25.4. The highest BCUT2D eigenvalue weighted by Crippen LogP contribution is 2.43. The summed E-state index contributed by atoms with van der Waals surface area (Å²) in [5, 5.41) is 0. The second kappa shape index (κ2) is 27.7. The molecule has 1 saturated heterocycles. The third-order valence-corrected chi connectivity index (χ3v) is 29.6. The topological polar surface area (TPSA) is 111 Å². The van der Waals surface area contributed by atoms with Crippen LogP contribution in [0.2, 0.25) is 54.4 Å². The first-order valence-electron chi connectivity index (χ1n) is 26.1. The minimum atomic E-state index is -2.13. The van der Waals surface area contributed by atoms with Crippen LogP contribution in [0.1, 0.15) is 157 Å². The van der Waals surface area contributed by atoms with Crippen molar-refractivity contribution in [1.29, 1.82) is 0 Å². The van der Waals surface area contributed by atoms with Crippen LogP contribution in [0.25, 0.3) is 0 Å². The molecule has 0 radical (unpaired) electrons. The molecule has 0 aromatic carbocycles. The van der Waals surface area contributed by atoms with Crippen molar-refractivity contribution in [3.05, 3.63) is 36.0 Å². The predicted octanol–water partition coefficient (Wildman–Crippen LogP) is 13.6. The van der Waals surface area contributed by atoms with Gasteiger partial charge in [0.25, 0.3) is 0 Å². The molecule has 1 unspecified atom stereocenters. The predicted molar refractivity (Wildman–Crippen MR) is 275 cm³/mol. The van der Waals surface area contributed by atoms with Gasteiger partial charge >= 0.3 is 11.9 Å². The number of carbonyl (C=O) groups excluding carboxylic acids is 2. The van der Waals surface area contributed by atoms with Gasteiger partial charge in [0, 0.05) is 37.9 Å². The van der Waals surface area contributed by atoms with E-state index in [0.29, 0.717) is 25.4 Å². The monoisotopic (exact) mass is 967 g/mol. The molecule has 0 spiro atoms. The second-order valence-corrected chi connectivity index (χ2v) is 33.9. The van der Waals surface area contributed by atoms with Crippen LogP contribution in [-0.4, -0.2) is 97.6 Å². The summed E-state index contributed by atoms with van der Waals surface area (Å²) in [4.78, 5) is 26.8. The van der Waals surface area contributed by atoms with Crippen molar-refractivity contribution in [3.63, 3.8) is 0 Å². The van der Waals surface area contributed by atoms with Gasteiger partial charge in [-0.05, 0) is 120 Å². The summed E-state index contributed by atoms with van der Waals surface area (Å²) in [6.07, 6.45) is 11.3. The molecule has 0 aliphatic carbocycles. The maximum absolute atomic E-state index is 14.1. The number of cyclic esters (lactones) is 1. The first-order valence-corrected chi connectivity index (χ1v) is 33.6. The van der Waals surface area contributed by atoms with Crippen LogP contribution in [0, 0.1) is 11.8 Å². The van der Waals surface area contributed by atoms with E-state index in [4.69, 9.17) is 37.0 Å². The zero-order chi connectivity index (χ0) is 49.2. The van der Waals surface area contributed by atoms with Gasteiger partial charge in [-0.2, -0.15) is 0 Å². The van der Waals surface area contributed by atoms with Gasteiger partial charge in [-0.25, -0.2) is 0 Å². The van der Waals surface area contributed by atoms with Crippen molar-refractivity contribution in [2.75, 3.05) is 6.61 Å². The van der Waals surface area contributed by atoms with E-state index in [1.54, 1.807) is 0 Å². The summed E-state index contributed by atoms with van der Waals surface area (Å²) < 4.78 is 53.0. The normalized spacial score (nSPS) is 28.1. The Balaban J connectivity index is 2.62. The summed E-state index contributed by atoms with van der Waals surface area (Å²) in [6, 6.07) is 9.40. The Morgan fingerprint density at radius 3 is 1.95 bits per heavy atom. The van der Waals surface area contributed by atoms with Gasteiger partial charge in [0.1, 0.15) is 17.8 Å². The Bertz CT molecular complexity index is 1480. The SMILES string of the molecule is CCOC(C)O[C@]1(C)CC[C@@H](O[Si](CC)(CC)CC)CC(=O)O[C@H](/C(C)=C/C=C/[C@@](C)(C[C@@H]2O[C@@H]2[C@H](C)[C@H](CC)O[Si](CC)(CC)CC)O[Si](CC)(CC)CC)[C@@H](C)/C=C\[C@@H]1OC(C)=O. The van der Waals surface area contributed by atoms with E-state index in [1.165, 1.54) is 6.92 Å². The van der Waals surface area contributed by atoms with Crippen LogP contribution in [0.3, 0.4) is 0 Å². The van der Waals surface area contributed by atoms with Crippen molar-refractivity contribution in [1.82, 2.24) is 0 Å². The number of hydrogen-bond donors (Lipinski definition) is 0. The fourth-order valence-electron chi connectivity index (χ4n) is 10.2. The third-order valence-electron chi connectivity index (χ3n) is 15.5. The molecule has 10 nitrogen and oxygen atoms in total. The van der Waals surface area contributed by atoms with Gasteiger partial charge < -0.3 is 37.0 Å². The summed E-state index contributed by atoms with van der Waals surface area (Å²) in [5.41, 5.74) is -0.625. The largest absolute Gasteiger partial charge is 0.457 e. The van der Waals surface area contributed by atoms with E-state index >= 15 is 0 Å². The number of allylic oxidation sites excluding steroid dienone is 2. The number of hydrogen-bond acceptors (Lipinski definition) is 10. The molecule has 13 heteroatoms. The van der Waals surface area contributed by atoms with Crippen LogP contribution < -0.4 is 0 Å². The lowest BCUT2D eigenvalue weighted by molar-refractivity contribution is -0.227. The van der Waals surface area contributed by atoms with E-state index in [-0.39, 0.29) is 42.7 Å². The zero-order valence-corrected chi connectivity index (χ0v) is 47.8. The summed E-state index contributed by atoms with van der Waals surface area (Å²) in [7, 11) is -5.95. The van der Waals surface area contributed by atoms with Crippen molar-refractivity contribution >= 4 is 36.9 Å². The van der Waals surface area contributed by atoms with Crippen molar-refractivity contribution in [3.8, 4) is 0 Å². The van der Waals surface area contributed by atoms with Gasteiger partial charge in [0.15, 0.2) is 31.2 Å². The maximum Gasteiger partial charge on any atom is 0.308 e. The first kappa shape index (κ1) is 59.7. The number of esters is 2. The highest BCUT2D eigenvalue weighted by atomic mass is 28.4. The number of epoxide rings is 1. The lowest BCUT2D eigenvalue weighted by atomic mass is 9.88. The van der Waals surface area contributed by atoms with Crippen molar-refractivity contribution < 1.29 is 46.6 Å². The summed E-state index contributed by atoms with van der Waals surface area (Å²) in [6.45, 7) is 38.8. The Morgan fingerprint density at radius 1 is 0.877 bits per heavy atom. The second-order valence-electron chi connectivity index (χ2n) is 19.8. The Labute approximate surface area is 401 Å². The molecule has 2 heterocycles. The first-order chi connectivity index (χ1) is 30.6. The molecule has 378 valence electrons. The molecule has 11 atom stereocenters. The highest BCUT2D eigenvalue weighted by molar-refractivity contribution is 6.74. The highest BCUT2D eigenvalue weighted by Gasteiger charge is 2.51. The fourth-order valence-corrected chi connectivity index (χ4v) is 19.2. The summed E-state index contributed by atoms with van der Waals surface area (Å²) >= 11 is 0. The van der Waals surface area contributed by atoms with Gasteiger partial charge in [-0.3, -0.25) is 9.59 Å². The van der Waals surface area contributed by atoms with E-state index < -0.39 is 60.6 Å². The van der Waals surface area contributed by atoms with Gasteiger partial charge in [0.2, 0.25) is 0 Å². The average molecular weight is 968 g/mol. The van der Waals surface area contributed by atoms with E-state index in [2.05, 4.69) is 101 Å². The minimum absolute atomic E-state index is 0.0828. The molecular weight excluding hydrogens is 869 g/mol. The van der Waals surface area contributed by atoms with E-state index in [9.17, 15) is 9.59 Å². The average Bonchev–Trinajstić information content (AvgIpc) is 4.05. The van der Waals surface area contributed by atoms with Gasteiger partial charge in [-0.1, -0.05) is 107 Å². The van der Waals surface area contributed by atoms with Crippen LogP contribution in [0.5, 0.6) is 0 Å². The van der Waals surface area contributed by atoms with Crippen LogP contribution >= 0.6 is 0 Å². The molecule has 0 saturated carbocycles. The number of rotatable bonds is 28. The third kappa shape index (κ3) is 17.5. The smallest absolute Gasteiger partial charge is 0.308 e. The molecule has 2 aliphatic heterocycles. The van der Waals surface area contributed by atoms with Crippen LogP contribution in [-0.2, 0) is 46.6 Å². The van der Waals surface area contributed by atoms with E-state index in [0.717, 1.165) is 72.8 Å². The van der Waals surface area contributed by atoms with Crippen molar-refractivity contribution in [2.45, 2.75) is 265 Å². The number of carbonyl (C=O) groups is 2. The minimum Gasteiger partial charge on any atom is -0.457 e. The number of ether oxygens (including phenoxy) is 5. The lowest BCUT2D eigenvalue weighted by Gasteiger charge is -2.40. The molecule has 65 heavy (non-hydrogen) atoms. The fraction of sp³-hybridized carbons (Fsp3) is 0.846. The molecule has 0 aromatic rings. The molecule has 2 rings (SSSR count). The lowest BCUT2D eigenvalue weighted by Crippen LogP contribution is -2.48. The van der Waals surface area contributed by atoms with Crippen molar-refractivity contribution in [2.24, 2.45) is 11.8 Å². The Hall–Kier alpha value is -1.43. The van der Waals surface area contributed by atoms with Crippen LogP contribution in [0.4, 0.5) is 0 Å². The molecule has 0 aromatic heterocycles. The maximum atomic E-state index is 14.1. The molecular formula is C52H98O10Si3. The molecule has 2 aliphatic rings. The quantitative estimate of drug-likeness (QED) is 0.0188. The molecule has 1 fully saturated rings. The van der Waals surface area contributed by atoms with Gasteiger partial charge in [-0.15, -0.1) is 0 Å². The van der Waals surface area contributed by atoms with Crippen LogP contribution in [0.15, 0.2) is 36.0 Å². The Morgan fingerprint density at radius 2 is 1.45 bits per heavy atom.